The van der Waals surface area contributed by atoms with Crippen molar-refractivity contribution in [2.24, 2.45) is 0 Å². The maximum absolute atomic E-state index is 13.1. The Bertz CT molecular complexity index is 1110. The zero-order valence-corrected chi connectivity index (χ0v) is 15.4. The van der Waals surface area contributed by atoms with E-state index in [1.54, 1.807) is 7.11 Å². The lowest BCUT2D eigenvalue weighted by atomic mass is 10.0. The fourth-order valence-corrected chi connectivity index (χ4v) is 3.10. The van der Waals surface area contributed by atoms with Crippen molar-refractivity contribution >= 4 is 16.8 Å². The monoisotopic (exact) mass is 369 g/mol. The Hall–Kier alpha value is -3.73. The van der Waals surface area contributed by atoms with E-state index in [0.29, 0.717) is 23.3 Å². The van der Waals surface area contributed by atoms with E-state index in [1.807, 2.05) is 78.9 Å². The molecule has 3 aromatic carbocycles. The SMILES string of the molecule is COc1ccc(CNC(=O)c2c(-c3ccccc3)nnc3ccccc23)cc1. The van der Waals surface area contributed by atoms with Crippen molar-refractivity contribution in [1.29, 1.82) is 0 Å². The van der Waals surface area contributed by atoms with Crippen molar-refractivity contribution in [3.63, 3.8) is 0 Å². The number of amides is 1. The Morgan fingerprint density at radius 3 is 2.36 bits per heavy atom. The van der Waals surface area contributed by atoms with Crippen LogP contribution in [0.15, 0.2) is 78.9 Å². The van der Waals surface area contributed by atoms with Gasteiger partial charge in [-0.2, -0.15) is 0 Å². The molecule has 0 saturated carbocycles. The average molecular weight is 369 g/mol. The number of carbonyl (C=O) groups excluding carboxylic acids is 1. The first-order valence-electron chi connectivity index (χ1n) is 8.98. The molecule has 1 amide bonds. The van der Waals surface area contributed by atoms with E-state index in [-0.39, 0.29) is 5.91 Å². The van der Waals surface area contributed by atoms with Crippen LogP contribution in [0.25, 0.3) is 22.2 Å². The van der Waals surface area contributed by atoms with Crippen LogP contribution in [-0.4, -0.2) is 23.2 Å². The summed E-state index contributed by atoms with van der Waals surface area (Å²) in [7, 11) is 1.63. The largest absolute Gasteiger partial charge is 0.497 e. The highest BCUT2D eigenvalue weighted by Gasteiger charge is 2.19. The van der Waals surface area contributed by atoms with Gasteiger partial charge in [-0.25, -0.2) is 0 Å². The Morgan fingerprint density at radius 1 is 0.893 bits per heavy atom. The minimum absolute atomic E-state index is 0.180. The summed E-state index contributed by atoms with van der Waals surface area (Å²) in [5.41, 5.74) is 3.64. The summed E-state index contributed by atoms with van der Waals surface area (Å²) in [5, 5.41) is 12.4. The highest BCUT2D eigenvalue weighted by Crippen LogP contribution is 2.27. The molecule has 1 N–H and O–H groups in total. The molecule has 0 aliphatic heterocycles. The van der Waals surface area contributed by atoms with Gasteiger partial charge in [0.1, 0.15) is 11.4 Å². The van der Waals surface area contributed by atoms with Gasteiger partial charge in [0, 0.05) is 17.5 Å². The predicted octanol–water partition coefficient (Wildman–Crippen LogP) is 4.24. The van der Waals surface area contributed by atoms with E-state index in [2.05, 4.69) is 15.5 Å². The summed E-state index contributed by atoms with van der Waals surface area (Å²) in [6.07, 6.45) is 0. The van der Waals surface area contributed by atoms with Crippen molar-refractivity contribution in [2.45, 2.75) is 6.54 Å². The van der Waals surface area contributed by atoms with E-state index >= 15 is 0 Å². The standard InChI is InChI=1S/C23H19N3O2/c1-28-18-13-11-16(12-14-18)15-24-23(27)21-19-9-5-6-10-20(19)25-26-22(21)17-7-3-2-4-8-17/h2-14H,15H2,1H3,(H,24,27). The predicted molar refractivity (Wildman–Crippen MR) is 109 cm³/mol. The van der Waals surface area contributed by atoms with Crippen molar-refractivity contribution < 1.29 is 9.53 Å². The molecule has 0 aliphatic rings. The third kappa shape index (κ3) is 3.55. The molecule has 5 nitrogen and oxygen atoms in total. The van der Waals surface area contributed by atoms with Crippen LogP contribution in [0, 0.1) is 0 Å². The summed E-state index contributed by atoms with van der Waals surface area (Å²) in [4.78, 5) is 13.1. The van der Waals surface area contributed by atoms with Gasteiger partial charge in [0.15, 0.2) is 0 Å². The molecule has 0 saturated heterocycles. The van der Waals surface area contributed by atoms with Gasteiger partial charge in [-0.1, -0.05) is 60.7 Å². The molecule has 0 radical (unpaired) electrons. The van der Waals surface area contributed by atoms with Gasteiger partial charge in [0.25, 0.3) is 5.91 Å². The van der Waals surface area contributed by atoms with Crippen LogP contribution in [0.3, 0.4) is 0 Å². The van der Waals surface area contributed by atoms with Gasteiger partial charge in [-0.15, -0.1) is 10.2 Å². The molecular weight excluding hydrogens is 350 g/mol. The zero-order valence-electron chi connectivity index (χ0n) is 15.4. The summed E-state index contributed by atoms with van der Waals surface area (Å²) in [6, 6.07) is 24.8. The summed E-state index contributed by atoms with van der Waals surface area (Å²) in [5.74, 6) is 0.603. The molecule has 138 valence electrons. The Morgan fingerprint density at radius 2 is 1.61 bits per heavy atom. The van der Waals surface area contributed by atoms with Gasteiger partial charge >= 0.3 is 0 Å². The first-order chi connectivity index (χ1) is 13.8. The molecule has 0 unspecified atom stereocenters. The lowest BCUT2D eigenvalue weighted by Crippen LogP contribution is -2.24. The number of hydrogen-bond acceptors (Lipinski definition) is 4. The molecule has 4 rings (SSSR count). The number of carbonyl (C=O) groups is 1. The van der Waals surface area contributed by atoms with Crippen LogP contribution in [-0.2, 0) is 6.54 Å². The number of hydrogen-bond donors (Lipinski definition) is 1. The van der Waals surface area contributed by atoms with Crippen LogP contribution in [0.1, 0.15) is 15.9 Å². The first-order valence-corrected chi connectivity index (χ1v) is 8.98. The number of methoxy groups -OCH3 is 1. The second kappa shape index (κ2) is 7.88. The number of nitrogens with one attached hydrogen (secondary N) is 1. The minimum atomic E-state index is -0.180. The molecule has 0 spiro atoms. The fraction of sp³-hybridized carbons (Fsp3) is 0.0870. The topological polar surface area (TPSA) is 64.1 Å². The summed E-state index contributed by atoms with van der Waals surface area (Å²) >= 11 is 0. The van der Waals surface area contributed by atoms with Crippen LogP contribution in [0.4, 0.5) is 0 Å². The Balaban J connectivity index is 1.70. The Kier molecular flexibility index (Phi) is 4.97. The van der Waals surface area contributed by atoms with E-state index in [9.17, 15) is 4.79 Å². The average Bonchev–Trinajstić information content (AvgIpc) is 2.77. The third-order valence-corrected chi connectivity index (χ3v) is 4.55. The fourth-order valence-electron chi connectivity index (χ4n) is 3.10. The molecule has 0 bridgehead atoms. The smallest absolute Gasteiger partial charge is 0.254 e. The minimum Gasteiger partial charge on any atom is -0.497 e. The van der Waals surface area contributed by atoms with Crippen LogP contribution < -0.4 is 10.1 Å². The molecule has 0 fully saturated rings. The van der Waals surface area contributed by atoms with Crippen molar-refractivity contribution in [3.05, 3.63) is 90.0 Å². The van der Waals surface area contributed by atoms with E-state index in [1.165, 1.54) is 0 Å². The maximum Gasteiger partial charge on any atom is 0.254 e. The highest BCUT2D eigenvalue weighted by molar-refractivity contribution is 6.10. The van der Waals surface area contributed by atoms with Gasteiger partial charge in [-0.05, 0) is 23.8 Å². The molecule has 5 heteroatoms. The van der Waals surface area contributed by atoms with Gasteiger partial charge in [0.2, 0.25) is 0 Å². The quantitative estimate of drug-likeness (QED) is 0.572. The van der Waals surface area contributed by atoms with Gasteiger partial charge < -0.3 is 10.1 Å². The first kappa shape index (κ1) is 17.7. The summed E-state index contributed by atoms with van der Waals surface area (Å²) < 4.78 is 5.17. The number of benzene rings is 3. The van der Waals surface area contributed by atoms with E-state index < -0.39 is 0 Å². The van der Waals surface area contributed by atoms with E-state index in [4.69, 9.17) is 4.74 Å². The third-order valence-electron chi connectivity index (χ3n) is 4.55. The van der Waals surface area contributed by atoms with Crippen molar-refractivity contribution in [3.8, 4) is 17.0 Å². The lowest BCUT2D eigenvalue weighted by molar-refractivity contribution is 0.0953. The summed E-state index contributed by atoms with van der Waals surface area (Å²) in [6.45, 7) is 0.410. The van der Waals surface area contributed by atoms with Crippen molar-refractivity contribution in [1.82, 2.24) is 15.5 Å². The highest BCUT2D eigenvalue weighted by atomic mass is 16.5. The second-order valence-corrected chi connectivity index (χ2v) is 6.34. The number of nitrogens with zero attached hydrogens (tertiary/aromatic N) is 2. The molecule has 0 aliphatic carbocycles. The molecule has 1 heterocycles. The lowest BCUT2D eigenvalue weighted by Gasteiger charge is -2.12. The van der Waals surface area contributed by atoms with E-state index in [0.717, 1.165) is 22.3 Å². The number of ether oxygens (including phenoxy) is 1. The Labute approximate surface area is 163 Å². The normalized spacial score (nSPS) is 10.6. The molecule has 0 atom stereocenters. The number of fused-ring (bicyclic) bond motifs is 1. The zero-order chi connectivity index (χ0) is 19.3. The van der Waals surface area contributed by atoms with Crippen LogP contribution in [0.2, 0.25) is 0 Å². The molecule has 28 heavy (non-hydrogen) atoms. The second-order valence-electron chi connectivity index (χ2n) is 6.34. The molecule has 4 aromatic rings. The van der Waals surface area contributed by atoms with Gasteiger partial charge in [0.05, 0.1) is 18.2 Å². The molecular formula is C23H19N3O2. The van der Waals surface area contributed by atoms with Crippen molar-refractivity contribution in [2.75, 3.05) is 7.11 Å². The van der Waals surface area contributed by atoms with Crippen LogP contribution in [0.5, 0.6) is 5.75 Å². The number of aromatic nitrogens is 2. The van der Waals surface area contributed by atoms with Gasteiger partial charge in [-0.3, -0.25) is 4.79 Å². The number of rotatable bonds is 5. The maximum atomic E-state index is 13.1. The van der Waals surface area contributed by atoms with Crippen LogP contribution >= 0.6 is 0 Å². The molecule has 1 aromatic heterocycles.